The highest BCUT2D eigenvalue weighted by atomic mass is 16.2. The third-order valence-corrected chi connectivity index (χ3v) is 4.93. The molecule has 9 heteroatoms. The van der Waals surface area contributed by atoms with Crippen molar-refractivity contribution in [1.82, 2.24) is 29.9 Å². The Labute approximate surface area is 162 Å². The van der Waals surface area contributed by atoms with Crippen molar-refractivity contribution in [2.45, 2.75) is 25.4 Å². The summed E-state index contributed by atoms with van der Waals surface area (Å²) in [7, 11) is 3.54. The van der Waals surface area contributed by atoms with Gasteiger partial charge in [-0.05, 0) is 18.4 Å². The van der Waals surface area contributed by atoms with Crippen LogP contribution in [0.4, 0.5) is 5.69 Å². The van der Waals surface area contributed by atoms with Crippen molar-refractivity contribution in [2.75, 3.05) is 11.9 Å². The number of rotatable bonds is 4. The number of carbonyl (C=O) groups is 2. The lowest BCUT2D eigenvalue weighted by molar-refractivity contribution is -0.120. The summed E-state index contributed by atoms with van der Waals surface area (Å²) in [6.45, 7) is 0.522. The van der Waals surface area contributed by atoms with Gasteiger partial charge in [0.2, 0.25) is 11.7 Å². The van der Waals surface area contributed by atoms with Gasteiger partial charge in [-0.3, -0.25) is 14.3 Å². The molecule has 0 spiro atoms. The third kappa shape index (κ3) is 3.38. The van der Waals surface area contributed by atoms with Crippen molar-refractivity contribution in [2.24, 2.45) is 7.05 Å². The number of likely N-dealkylation sites (N-methyl/N-ethyl adjacent to an activating group) is 1. The number of anilines is 1. The van der Waals surface area contributed by atoms with E-state index in [1.165, 1.54) is 6.33 Å². The van der Waals surface area contributed by atoms with Crippen molar-refractivity contribution < 1.29 is 9.59 Å². The van der Waals surface area contributed by atoms with Crippen LogP contribution in [0.25, 0.3) is 0 Å². The van der Waals surface area contributed by atoms with E-state index in [4.69, 9.17) is 0 Å². The Morgan fingerprint density at radius 1 is 1.25 bits per heavy atom. The second-order valence-corrected chi connectivity index (χ2v) is 6.81. The predicted molar refractivity (Wildman–Crippen MR) is 102 cm³/mol. The van der Waals surface area contributed by atoms with E-state index in [0.29, 0.717) is 19.4 Å². The van der Waals surface area contributed by atoms with Gasteiger partial charge in [0.05, 0.1) is 24.1 Å². The maximum absolute atomic E-state index is 12.8. The molecule has 2 amide bonds. The molecule has 1 aromatic carbocycles. The zero-order chi connectivity index (χ0) is 19.7. The Kier molecular flexibility index (Phi) is 4.64. The first-order chi connectivity index (χ1) is 13.5. The average molecular weight is 379 g/mol. The number of benzene rings is 1. The molecule has 1 aliphatic rings. The Balaban J connectivity index is 1.44. The van der Waals surface area contributed by atoms with Gasteiger partial charge in [0.25, 0.3) is 5.91 Å². The molecule has 3 aromatic rings. The molecule has 1 N–H and O–H groups in total. The standard InChI is InChI=1S/C19H21N7O2/c1-24-16-10-21-25(2)15(16)9-8-14(19(24)28)22-18(27)17-20-12-26(23-17)11-13-6-4-3-5-7-13/h3-7,10,12,14H,8-9,11H2,1-2H3,(H,22,27)/t14-/m0/s1. The maximum atomic E-state index is 12.8. The van der Waals surface area contributed by atoms with Gasteiger partial charge in [-0.25, -0.2) is 9.67 Å². The van der Waals surface area contributed by atoms with Gasteiger partial charge < -0.3 is 10.2 Å². The summed E-state index contributed by atoms with van der Waals surface area (Å²) in [5, 5.41) is 11.2. The predicted octanol–water partition coefficient (Wildman–Crippen LogP) is 0.767. The van der Waals surface area contributed by atoms with E-state index < -0.39 is 11.9 Å². The highest BCUT2D eigenvalue weighted by Gasteiger charge is 2.31. The fourth-order valence-corrected chi connectivity index (χ4v) is 3.38. The summed E-state index contributed by atoms with van der Waals surface area (Å²) < 4.78 is 3.36. The summed E-state index contributed by atoms with van der Waals surface area (Å²) in [5.74, 6) is -0.582. The van der Waals surface area contributed by atoms with Gasteiger partial charge in [0, 0.05) is 14.1 Å². The van der Waals surface area contributed by atoms with Crippen LogP contribution in [-0.4, -0.2) is 49.4 Å². The number of fused-ring (bicyclic) bond motifs is 1. The van der Waals surface area contributed by atoms with Crippen molar-refractivity contribution >= 4 is 17.5 Å². The monoisotopic (exact) mass is 379 g/mol. The number of hydrogen-bond donors (Lipinski definition) is 1. The van der Waals surface area contributed by atoms with E-state index in [2.05, 4.69) is 20.5 Å². The molecule has 0 fully saturated rings. The molecule has 0 aliphatic carbocycles. The topological polar surface area (TPSA) is 97.9 Å². The Bertz CT molecular complexity index is 1010. The molecule has 9 nitrogen and oxygen atoms in total. The molecule has 144 valence electrons. The zero-order valence-corrected chi connectivity index (χ0v) is 15.7. The first kappa shape index (κ1) is 17.9. The average Bonchev–Trinajstić information content (AvgIpc) is 3.28. The van der Waals surface area contributed by atoms with Crippen LogP contribution in [0.3, 0.4) is 0 Å². The highest BCUT2D eigenvalue weighted by Crippen LogP contribution is 2.25. The summed E-state index contributed by atoms with van der Waals surface area (Å²) in [4.78, 5) is 31.0. The smallest absolute Gasteiger partial charge is 0.291 e. The normalized spacial score (nSPS) is 16.6. The van der Waals surface area contributed by atoms with Crippen LogP contribution in [-0.2, 0) is 24.8 Å². The van der Waals surface area contributed by atoms with E-state index in [1.807, 2.05) is 37.4 Å². The summed E-state index contributed by atoms with van der Waals surface area (Å²) >= 11 is 0. The van der Waals surface area contributed by atoms with E-state index in [-0.39, 0.29) is 11.7 Å². The number of nitrogens with zero attached hydrogens (tertiary/aromatic N) is 6. The van der Waals surface area contributed by atoms with Crippen LogP contribution in [0.15, 0.2) is 42.9 Å². The van der Waals surface area contributed by atoms with Crippen LogP contribution >= 0.6 is 0 Å². The Morgan fingerprint density at radius 3 is 2.82 bits per heavy atom. The lowest BCUT2D eigenvalue weighted by Gasteiger charge is -2.20. The van der Waals surface area contributed by atoms with Gasteiger partial charge in [-0.1, -0.05) is 30.3 Å². The molecule has 0 radical (unpaired) electrons. The molecule has 3 heterocycles. The van der Waals surface area contributed by atoms with Gasteiger partial charge in [-0.15, -0.1) is 5.10 Å². The minimum absolute atomic E-state index is 0.0508. The molecule has 0 saturated heterocycles. The largest absolute Gasteiger partial charge is 0.337 e. The highest BCUT2D eigenvalue weighted by molar-refractivity contribution is 6.01. The maximum Gasteiger partial charge on any atom is 0.291 e. The summed E-state index contributed by atoms with van der Waals surface area (Å²) in [6, 6.07) is 9.16. The van der Waals surface area contributed by atoms with Gasteiger partial charge in [0.1, 0.15) is 12.4 Å². The zero-order valence-electron chi connectivity index (χ0n) is 15.7. The molecule has 0 unspecified atom stereocenters. The van der Waals surface area contributed by atoms with Crippen LogP contribution in [0.2, 0.25) is 0 Å². The summed E-state index contributed by atoms with van der Waals surface area (Å²) in [6.07, 6.45) is 4.32. The molecular weight excluding hydrogens is 358 g/mol. The van der Waals surface area contributed by atoms with Gasteiger partial charge in [0.15, 0.2) is 0 Å². The minimum atomic E-state index is -0.633. The van der Waals surface area contributed by atoms with Gasteiger partial charge in [-0.2, -0.15) is 5.10 Å². The molecule has 0 saturated carbocycles. The van der Waals surface area contributed by atoms with E-state index in [0.717, 1.165) is 16.9 Å². The first-order valence-corrected chi connectivity index (χ1v) is 9.05. The van der Waals surface area contributed by atoms with E-state index in [1.54, 1.807) is 27.5 Å². The number of aromatic nitrogens is 5. The number of amides is 2. The number of carbonyl (C=O) groups excluding carboxylic acids is 2. The lowest BCUT2D eigenvalue weighted by Crippen LogP contribution is -2.47. The molecule has 0 bridgehead atoms. The summed E-state index contributed by atoms with van der Waals surface area (Å²) in [5.41, 5.74) is 2.80. The minimum Gasteiger partial charge on any atom is -0.337 e. The number of aryl methyl sites for hydroxylation is 1. The quantitative estimate of drug-likeness (QED) is 0.722. The second kappa shape index (κ2) is 7.26. The Morgan fingerprint density at radius 2 is 2.04 bits per heavy atom. The fourth-order valence-electron chi connectivity index (χ4n) is 3.38. The van der Waals surface area contributed by atoms with E-state index >= 15 is 0 Å². The van der Waals surface area contributed by atoms with Crippen molar-refractivity contribution in [3.8, 4) is 0 Å². The van der Waals surface area contributed by atoms with Crippen molar-refractivity contribution in [3.63, 3.8) is 0 Å². The molecule has 1 aliphatic heterocycles. The molecule has 1 atom stereocenters. The first-order valence-electron chi connectivity index (χ1n) is 9.05. The van der Waals surface area contributed by atoms with E-state index in [9.17, 15) is 9.59 Å². The van der Waals surface area contributed by atoms with Crippen LogP contribution in [0, 0.1) is 0 Å². The fraction of sp³-hybridized carbons (Fsp3) is 0.316. The SMILES string of the molecule is CN1C(=O)[C@@H](NC(=O)c2ncn(Cc3ccccc3)n2)CCc2c1cnn2C. The second-order valence-electron chi connectivity index (χ2n) is 6.81. The van der Waals surface area contributed by atoms with Crippen LogP contribution in [0.1, 0.15) is 28.3 Å². The van der Waals surface area contributed by atoms with Crippen molar-refractivity contribution in [3.05, 3.63) is 59.9 Å². The van der Waals surface area contributed by atoms with Gasteiger partial charge >= 0.3 is 0 Å². The Hall–Kier alpha value is -3.49. The van der Waals surface area contributed by atoms with Crippen LogP contribution in [0.5, 0.6) is 0 Å². The number of nitrogens with one attached hydrogen (secondary N) is 1. The van der Waals surface area contributed by atoms with Crippen molar-refractivity contribution in [1.29, 1.82) is 0 Å². The molecular formula is C19H21N7O2. The number of hydrogen-bond acceptors (Lipinski definition) is 5. The molecule has 28 heavy (non-hydrogen) atoms. The molecule has 2 aromatic heterocycles. The third-order valence-electron chi connectivity index (χ3n) is 4.93. The van der Waals surface area contributed by atoms with Crippen LogP contribution < -0.4 is 10.2 Å². The molecule has 4 rings (SSSR count). The lowest BCUT2D eigenvalue weighted by atomic mass is 10.1.